The van der Waals surface area contributed by atoms with Crippen molar-refractivity contribution in [2.75, 3.05) is 18.0 Å². The van der Waals surface area contributed by atoms with Crippen LogP contribution in [0.2, 0.25) is 0 Å². The molecule has 3 atom stereocenters. The van der Waals surface area contributed by atoms with Gasteiger partial charge in [-0.3, -0.25) is 15.1 Å². The Labute approximate surface area is 221 Å². The number of alkyl halides is 3. The molecule has 2 aliphatic heterocycles. The molecule has 4 rings (SSSR count). The van der Waals surface area contributed by atoms with Crippen LogP contribution in [0.1, 0.15) is 74.3 Å². The number of amidine groups is 1. The van der Waals surface area contributed by atoms with Crippen molar-refractivity contribution in [1.82, 2.24) is 4.90 Å². The summed E-state index contributed by atoms with van der Waals surface area (Å²) >= 11 is 1.25. The summed E-state index contributed by atoms with van der Waals surface area (Å²) in [7, 11) is 0. The van der Waals surface area contributed by atoms with Crippen molar-refractivity contribution in [2.45, 2.75) is 80.8 Å². The molecule has 1 amide bonds. The highest BCUT2D eigenvalue weighted by atomic mass is 32.2. The van der Waals surface area contributed by atoms with Crippen molar-refractivity contribution in [2.24, 2.45) is 5.73 Å². The fourth-order valence-electron chi connectivity index (χ4n) is 5.41. The van der Waals surface area contributed by atoms with Crippen LogP contribution in [-0.2, 0) is 11.0 Å². The van der Waals surface area contributed by atoms with Gasteiger partial charge in [0.25, 0.3) is 0 Å². The van der Waals surface area contributed by atoms with E-state index in [1.165, 1.54) is 42.0 Å². The summed E-state index contributed by atoms with van der Waals surface area (Å²) in [6.07, 6.45) is 1.82. The van der Waals surface area contributed by atoms with E-state index in [2.05, 4.69) is 18.7 Å². The number of hydrogen-bond donors (Lipinski definition) is 2. The lowest BCUT2D eigenvalue weighted by Gasteiger charge is -2.39. The second-order valence-corrected chi connectivity index (χ2v) is 11.3. The molecule has 2 heterocycles. The first-order chi connectivity index (χ1) is 17.6. The SMILES string of the molecule is C[C@@H]1CCC[C@H](C)N1CCCCCN1C(=O)C(c2cccc(C(=N)N)c2)Sc2ccc(C(F)(F)F)cc21. The zero-order valence-electron chi connectivity index (χ0n) is 21.4. The average molecular weight is 533 g/mol. The van der Waals surface area contributed by atoms with E-state index in [0.29, 0.717) is 46.8 Å². The molecule has 200 valence electrons. The van der Waals surface area contributed by atoms with Crippen LogP contribution < -0.4 is 10.6 Å². The third-order valence-electron chi connectivity index (χ3n) is 7.49. The number of benzene rings is 2. The molecule has 9 heteroatoms. The number of likely N-dealkylation sites (tertiary alicyclic amines) is 1. The van der Waals surface area contributed by atoms with Gasteiger partial charge in [-0.15, -0.1) is 11.8 Å². The van der Waals surface area contributed by atoms with E-state index in [1.807, 2.05) is 0 Å². The fourth-order valence-corrected chi connectivity index (χ4v) is 6.61. The highest BCUT2D eigenvalue weighted by Gasteiger charge is 2.38. The number of carbonyl (C=O) groups is 1. The van der Waals surface area contributed by atoms with Crippen LogP contribution in [0, 0.1) is 5.41 Å². The maximum absolute atomic E-state index is 13.7. The highest BCUT2D eigenvalue weighted by molar-refractivity contribution is 8.00. The number of amides is 1. The minimum Gasteiger partial charge on any atom is -0.384 e. The Bertz CT molecular complexity index is 1130. The van der Waals surface area contributed by atoms with Gasteiger partial charge < -0.3 is 10.6 Å². The number of anilines is 1. The van der Waals surface area contributed by atoms with Gasteiger partial charge in [-0.2, -0.15) is 13.2 Å². The summed E-state index contributed by atoms with van der Waals surface area (Å²) in [5.41, 5.74) is 6.41. The lowest BCUT2D eigenvalue weighted by atomic mass is 9.97. The number of unbranched alkanes of at least 4 members (excludes halogenated alkanes) is 2. The second-order valence-electron chi connectivity index (χ2n) is 10.1. The lowest BCUT2D eigenvalue weighted by Crippen LogP contribution is -2.44. The maximum atomic E-state index is 13.7. The molecular formula is C28H35F3N4OS. The Balaban J connectivity index is 1.52. The molecule has 3 N–H and O–H groups in total. The summed E-state index contributed by atoms with van der Waals surface area (Å²) < 4.78 is 40.5. The first-order valence-corrected chi connectivity index (χ1v) is 13.8. The number of fused-ring (bicyclic) bond motifs is 1. The van der Waals surface area contributed by atoms with Gasteiger partial charge in [0.05, 0.1) is 11.3 Å². The van der Waals surface area contributed by atoms with Gasteiger partial charge in [0.2, 0.25) is 5.91 Å². The first kappa shape index (κ1) is 27.5. The molecule has 2 aliphatic rings. The number of nitrogens with zero attached hydrogens (tertiary/aromatic N) is 2. The molecule has 1 unspecified atom stereocenters. The molecular weight excluding hydrogens is 497 g/mol. The molecule has 2 aromatic carbocycles. The Morgan fingerprint density at radius 3 is 2.43 bits per heavy atom. The van der Waals surface area contributed by atoms with E-state index in [-0.39, 0.29) is 11.7 Å². The number of nitrogen functional groups attached to an aromatic ring is 1. The van der Waals surface area contributed by atoms with Crippen molar-refractivity contribution >= 4 is 29.2 Å². The van der Waals surface area contributed by atoms with Crippen LogP contribution in [0.5, 0.6) is 0 Å². The Morgan fingerprint density at radius 1 is 1.05 bits per heavy atom. The quantitative estimate of drug-likeness (QED) is 0.228. The lowest BCUT2D eigenvalue weighted by molar-refractivity contribution is -0.137. The number of rotatable bonds is 8. The molecule has 1 fully saturated rings. The van der Waals surface area contributed by atoms with Crippen LogP contribution in [0.25, 0.3) is 0 Å². The molecule has 2 aromatic rings. The Morgan fingerprint density at radius 2 is 1.76 bits per heavy atom. The van der Waals surface area contributed by atoms with Crippen molar-refractivity contribution < 1.29 is 18.0 Å². The van der Waals surface area contributed by atoms with Crippen molar-refractivity contribution in [3.63, 3.8) is 0 Å². The molecule has 0 aromatic heterocycles. The molecule has 5 nitrogen and oxygen atoms in total. The van der Waals surface area contributed by atoms with Gasteiger partial charge in [0.1, 0.15) is 11.1 Å². The largest absolute Gasteiger partial charge is 0.416 e. The number of halogens is 3. The third-order valence-corrected chi connectivity index (χ3v) is 8.80. The van der Waals surface area contributed by atoms with Crippen molar-refractivity contribution in [1.29, 1.82) is 5.41 Å². The van der Waals surface area contributed by atoms with Gasteiger partial charge in [-0.1, -0.05) is 31.0 Å². The fraction of sp³-hybridized carbons (Fsp3) is 0.500. The summed E-state index contributed by atoms with van der Waals surface area (Å²) in [6.45, 7) is 5.91. The van der Waals surface area contributed by atoms with E-state index in [1.54, 1.807) is 24.3 Å². The number of piperidine rings is 1. The molecule has 0 bridgehead atoms. The standard InChI is InChI=1S/C28H35F3N4OS/c1-18-8-6-9-19(2)34(18)14-4-3-5-15-35-23-17-22(28(29,30)31)12-13-24(23)37-25(27(35)36)20-10-7-11-21(16-20)26(32)33/h7,10-13,16-19,25H,3-6,8-9,14-15H2,1-2H3,(H3,32,33)/t18-,19+,25?. The Kier molecular flexibility index (Phi) is 8.53. The number of hydrogen-bond acceptors (Lipinski definition) is 4. The van der Waals surface area contributed by atoms with E-state index >= 15 is 0 Å². The molecule has 0 spiro atoms. The van der Waals surface area contributed by atoms with Gasteiger partial charge in [-0.25, -0.2) is 0 Å². The number of nitrogens with two attached hydrogens (primary N) is 1. The third kappa shape index (κ3) is 6.32. The van der Waals surface area contributed by atoms with Gasteiger partial charge in [0.15, 0.2) is 0 Å². The topological polar surface area (TPSA) is 73.4 Å². The van der Waals surface area contributed by atoms with Gasteiger partial charge in [-0.05, 0) is 75.9 Å². The van der Waals surface area contributed by atoms with Crippen LogP contribution in [0.15, 0.2) is 47.4 Å². The van der Waals surface area contributed by atoms with Crippen molar-refractivity contribution in [3.8, 4) is 0 Å². The number of nitrogens with one attached hydrogen (secondary N) is 1. The smallest absolute Gasteiger partial charge is 0.384 e. The molecule has 0 aliphatic carbocycles. The predicted octanol–water partition coefficient (Wildman–Crippen LogP) is 6.60. The van der Waals surface area contributed by atoms with Crippen LogP contribution in [0.3, 0.4) is 0 Å². The highest BCUT2D eigenvalue weighted by Crippen LogP contribution is 2.48. The van der Waals surface area contributed by atoms with Crippen LogP contribution in [0.4, 0.5) is 18.9 Å². The molecule has 0 radical (unpaired) electrons. The van der Waals surface area contributed by atoms with Gasteiger partial charge in [0, 0.05) is 29.1 Å². The zero-order chi connectivity index (χ0) is 26.7. The molecule has 37 heavy (non-hydrogen) atoms. The van der Waals surface area contributed by atoms with E-state index < -0.39 is 17.0 Å². The van der Waals surface area contributed by atoms with Crippen LogP contribution in [-0.4, -0.2) is 41.8 Å². The molecule has 1 saturated heterocycles. The van der Waals surface area contributed by atoms with Crippen LogP contribution >= 0.6 is 11.8 Å². The summed E-state index contributed by atoms with van der Waals surface area (Å²) in [6, 6.07) is 11.7. The minimum atomic E-state index is -4.48. The van der Waals surface area contributed by atoms with E-state index in [4.69, 9.17) is 11.1 Å². The monoisotopic (exact) mass is 532 g/mol. The summed E-state index contributed by atoms with van der Waals surface area (Å²) in [4.78, 5) is 18.4. The average Bonchev–Trinajstić information content (AvgIpc) is 2.85. The van der Waals surface area contributed by atoms with E-state index in [9.17, 15) is 18.0 Å². The second kappa shape index (κ2) is 11.5. The summed E-state index contributed by atoms with van der Waals surface area (Å²) in [5, 5.41) is 7.12. The maximum Gasteiger partial charge on any atom is 0.416 e. The normalized spacial score (nSPS) is 22.7. The Hall–Kier alpha value is -2.52. The predicted molar refractivity (Wildman–Crippen MR) is 143 cm³/mol. The zero-order valence-corrected chi connectivity index (χ0v) is 22.2. The molecule has 0 saturated carbocycles. The summed E-state index contributed by atoms with van der Waals surface area (Å²) in [5.74, 6) is -0.338. The minimum absolute atomic E-state index is 0.0977. The van der Waals surface area contributed by atoms with E-state index in [0.717, 1.165) is 31.5 Å². The first-order valence-electron chi connectivity index (χ1n) is 13.0. The number of carbonyl (C=O) groups excluding carboxylic acids is 1. The van der Waals surface area contributed by atoms with Crippen molar-refractivity contribution in [3.05, 3.63) is 59.2 Å². The van der Waals surface area contributed by atoms with Gasteiger partial charge >= 0.3 is 6.18 Å². The number of thioether (sulfide) groups is 1.